The van der Waals surface area contributed by atoms with Gasteiger partial charge in [0.2, 0.25) is 12.3 Å². The molecule has 1 rings (SSSR count). The maximum Gasteiger partial charge on any atom is 0.331 e. The van der Waals surface area contributed by atoms with E-state index in [1.807, 2.05) is 20.8 Å². The molecule has 0 aromatic rings. The maximum absolute atomic E-state index is 12.4. The quantitative estimate of drug-likeness (QED) is 0.379. The van der Waals surface area contributed by atoms with Crippen LogP contribution in [0.2, 0.25) is 0 Å². The summed E-state index contributed by atoms with van der Waals surface area (Å²) in [5, 5.41) is 11.5. The Balaban J connectivity index is 0.000000743. The lowest BCUT2D eigenvalue weighted by Crippen LogP contribution is -2.49. The van der Waals surface area contributed by atoms with Crippen LogP contribution in [0.25, 0.3) is 0 Å². The van der Waals surface area contributed by atoms with Crippen molar-refractivity contribution in [3.05, 3.63) is 11.6 Å². The number of nitrogens with one attached hydrogen (secondary N) is 1. The van der Waals surface area contributed by atoms with Gasteiger partial charge in [-0.15, -0.1) is 0 Å². The van der Waals surface area contributed by atoms with Gasteiger partial charge >= 0.3 is 5.97 Å². The summed E-state index contributed by atoms with van der Waals surface area (Å²) in [5.41, 5.74) is 0.198. The van der Waals surface area contributed by atoms with E-state index in [-0.39, 0.29) is 23.4 Å². The Morgan fingerprint density at radius 2 is 1.71 bits per heavy atom. The molecule has 31 heavy (non-hydrogen) atoms. The normalized spacial score (nSPS) is 17.7. The summed E-state index contributed by atoms with van der Waals surface area (Å²) < 4.78 is 0. The molecule has 180 valence electrons. The molecular weight excluding hydrogens is 394 g/mol. The van der Waals surface area contributed by atoms with Gasteiger partial charge in [0.1, 0.15) is 6.04 Å². The molecule has 1 aliphatic heterocycles. The monoisotopic (exact) mass is 439 g/mol. The summed E-state index contributed by atoms with van der Waals surface area (Å²) in [6.07, 6.45) is 9.01. The van der Waals surface area contributed by atoms with Crippen molar-refractivity contribution in [1.29, 1.82) is 0 Å². The third-order valence-electron chi connectivity index (χ3n) is 5.99. The molecule has 1 fully saturated rings. The lowest BCUT2D eigenvalue weighted by molar-refractivity contribution is -0.136. The van der Waals surface area contributed by atoms with Crippen LogP contribution in [0.1, 0.15) is 80.1 Å². The first kappa shape index (κ1) is 29.1. The zero-order chi connectivity index (χ0) is 24.0. The number of carbonyl (C=O) groups excluding carboxylic acids is 2. The van der Waals surface area contributed by atoms with Gasteiger partial charge < -0.3 is 20.2 Å². The third kappa shape index (κ3) is 10.8. The second-order valence-corrected chi connectivity index (χ2v) is 8.82. The van der Waals surface area contributed by atoms with Crippen LogP contribution in [0.5, 0.6) is 0 Å². The number of nitrogens with zero attached hydrogens (tertiary/aromatic N) is 2. The summed E-state index contributed by atoms with van der Waals surface area (Å²) in [4.78, 5) is 38.1. The van der Waals surface area contributed by atoms with Crippen LogP contribution in [-0.2, 0) is 14.4 Å². The van der Waals surface area contributed by atoms with Gasteiger partial charge in [-0.25, -0.2) is 4.79 Å². The fourth-order valence-corrected chi connectivity index (χ4v) is 3.74. The van der Waals surface area contributed by atoms with Crippen molar-refractivity contribution in [3.63, 3.8) is 0 Å². The molecule has 0 saturated carbocycles. The summed E-state index contributed by atoms with van der Waals surface area (Å²) in [6.45, 7) is 14.6. The van der Waals surface area contributed by atoms with Gasteiger partial charge in [-0.05, 0) is 58.5 Å². The molecule has 2 N–H and O–H groups in total. The minimum atomic E-state index is -1.00. The molecule has 0 aliphatic carbocycles. The first-order chi connectivity index (χ1) is 14.6. The minimum absolute atomic E-state index is 0.0618. The average molecular weight is 440 g/mol. The number of hydrogen-bond donors (Lipinski definition) is 2. The van der Waals surface area contributed by atoms with E-state index in [0.717, 1.165) is 12.5 Å². The van der Waals surface area contributed by atoms with Gasteiger partial charge in [0.15, 0.2) is 0 Å². The predicted molar refractivity (Wildman–Crippen MR) is 126 cm³/mol. The third-order valence-corrected chi connectivity index (χ3v) is 5.99. The lowest BCUT2D eigenvalue weighted by atomic mass is 9.99. The summed E-state index contributed by atoms with van der Waals surface area (Å²) in [7, 11) is 1.63. The van der Waals surface area contributed by atoms with Crippen molar-refractivity contribution in [2.75, 3.05) is 20.1 Å². The molecule has 0 aromatic heterocycles. The van der Waals surface area contributed by atoms with E-state index in [9.17, 15) is 14.4 Å². The Morgan fingerprint density at radius 1 is 1.13 bits per heavy atom. The van der Waals surface area contributed by atoms with Crippen LogP contribution in [-0.4, -0.2) is 71.5 Å². The molecule has 3 atom stereocenters. The maximum atomic E-state index is 12.4. The molecular formula is C24H45N3O4. The molecule has 1 saturated heterocycles. The number of aliphatic carboxylic acids is 1. The fraction of sp³-hybridized carbons (Fsp3) is 0.792. The van der Waals surface area contributed by atoms with Gasteiger partial charge in [0.25, 0.3) is 0 Å². The Bertz CT molecular complexity index is 571. The van der Waals surface area contributed by atoms with E-state index >= 15 is 0 Å². The second-order valence-electron chi connectivity index (χ2n) is 8.82. The summed E-state index contributed by atoms with van der Waals surface area (Å²) in [6, 6.07) is -0.0843. The Kier molecular flexibility index (Phi) is 14.9. The number of hydrogen-bond acceptors (Lipinski definition) is 4. The lowest BCUT2D eigenvalue weighted by Gasteiger charge is -2.32. The molecule has 0 bridgehead atoms. The van der Waals surface area contributed by atoms with Gasteiger partial charge in [-0.3, -0.25) is 9.59 Å². The smallest absolute Gasteiger partial charge is 0.331 e. The summed E-state index contributed by atoms with van der Waals surface area (Å²) in [5.74, 6) is -1.15. The molecule has 1 unspecified atom stereocenters. The number of likely N-dealkylation sites (N-methyl/N-ethyl adjacent to an activating group) is 1. The van der Waals surface area contributed by atoms with Gasteiger partial charge in [0.05, 0.1) is 6.04 Å². The van der Waals surface area contributed by atoms with Gasteiger partial charge in [-0.1, -0.05) is 46.6 Å². The molecule has 1 aliphatic rings. The van der Waals surface area contributed by atoms with Crippen molar-refractivity contribution in [1.82, 2.24) is 15.1 Å². The Morgan fingerprint density at radius 3 is 2.13 bits per heavy atom. The van der Waals surface area contributed by atoms with E-state index in [0.29, 0.717) is 12.8 Å². The number of amides is 2. The molecule has 7 heteroatoms. The molecule has 2 amide bonds. The van der Waals surface area contributed by atoms with E-state index < -0.39 is 12.0 Å². The number of likely N-dealkylation sites (tertiary alicyclic amines) is 1. The SMILES string of the molecule is CCC(C)N1CCCCC1.CCC[C@@H](NC=O)C(=O)N(C)[C@H](/C=C(\C)C(=O)O)C(C)C. The van der Waals surface area contributed by atoms with Crippen LogP contribution in [0.3, 0.4) is 0 Å². The van der Waals surface area contributed by atoms with Crippen LogP contribution in [0.15, 0.2) is 11.6 Å². The largest absolute Gasteiger partial charge is 0.478 e. The van der Waals surface area contributed by atoms with E-state index in [2.05, 4.69) is 24.1 Å². The van der Waals surface area contributed by atoms with Gasteiger partial charge in [-0.2, -0.15) is 0 Å². The number of carbonyl (C=O) groups is 3. The number of rotatable bonds is 11. The molecule has 7 nitrogen and oxygen atoms in total. The Hall–Kier alpha value is -1.89. The molecule has 0 spiro atoms. The van der Waals surface area contributed by atoms with Gasteiger partial charge in [0, 0.05) is 18.7 Å². The standard InChI is InChI=1S/C15H26N2O4.C9H19N/c1-6-7-12(16-9-18)14(19)17(5)13(10(2)3)8-11(4)15(20)21;1-3-9(2)10-7-5-4-6-8-10/h8-10,12-13H,6-7H2,1-5H3,(H,16,18)(H,20,21);9H,3-8H2,1-2H3/b11-8+;/t12-,13-;/m1./s1. The number of piperidine rings is 1. The first-order valence-corrected chi connectivity index (χ1v) is 11.7. The van der Waals surface area contributed by atoms with E-state index in [1.165, 1.54) is 50.6 Å². The van der Waals surface area contributed by atoms with Crippen molar-refractivity contribution in [2.45, 2.75) is 98.2 Å². The Labute approximate surface area is 189 Å². The van der Waals surface area contributed by atoms with Crippen molar-refractivity contribution >= 4 is 18.3 Å². The highest BCUT2D eigenvalue weighted by atomic mass is 16.4. The highest BCUT2D eigenvalue weighted by molar-refractivity contribution is 5.87. The van der Waals surface area contributed by atoms with E-state index in [4.69, 9.17) is 5.11 Å². The topological polar surface area (TPSA) is 90.0 Å². The van der Waals surface area contributed by atoms with Crippen molar-refractivity contribution < 1.29 is 19.5 Å². The number of carboxylic acids is 1. The van der Waals surface area contributed by atoms with E-state index in [1.54, 1.807) is 13.1 Å². The average Bonchev–Trinajstić information content (AvgIpc) is 2.76. The fourth-order valence-electron chi connectivity index (χ4n) is 3.74. The van der Waals surface area contributed by atoms with Crippen LogP contribution < -0.4 is 5.32 Å². The molecule has 0 radical (unpaired) electrons. The molecule has 0 aromatic carbocycles. The summed E-state index contributed by atoms with van der Waals surface area (Å²) >= 11 is 0. The number of carboxylic acid groups (broad SMARTS) is 1. The highest BCUT2D eigenvalue weighted by Gasteiger charge is 2.27. The zero-order valence-electron chi connectivity index (χ0n) is 20.7. The van der Waals surface area contributed by atoms with Crippen molar-refractivity contribution in [3.8, 4) is 0 Å². The minimum Gasteiger partial charge on any atom is -0.478 e. The van der Waals surface area contributed by atoms with Crippen molar-refractivity contribution in [2.24, 2.45) is 5.92 Å². The highest BCUT2D eigenvalue weighted by Crippen LogP contribution is 2.16. The molecule has 1 heterocycles. The first-order valence-electron chi connectivity index (χ1n) is 11.7. The predicted octanol–water partition coefficient (Wildman–Crippen LogP) is 3.69. The van der Waals surface area contributed by atoms with Crippen LogP contribution >= 0.6 is 0 Å². The van der Waals surface area contributed by atoms with Crippen LogP contribution in [0, 0.1) is 5.92 Å². The van der Waals surface area contributed by atoms with Crippen LogP contribution in [0.4, 0.5) is 0 Å². The zero-order valence-corrected chi connectivity index (χ0v) is 20.7. The second kappa shape index (κ2) is 15.8.